The summed E-state index contributed by atoms with van der Waals surface area (Å²) in [5.41, 5.74) is 8.44. The lowest BCUT2D eigenvalue weighted by molar-refractivity contribution is 0.336. The average Bonchev–Trinajstić information content (AvgIpc) is 2.89. The first-order chi connectivity index (χ1) is 18.2. The Morgan fingerprint density at radius 2 is 1.63 bits per heavy atom. The van der Waals surface area contributed by atoms with Gasteiger partial charge in [0.1, 0.15) is 17.2 Å². The van der Waals surface area contributed by atoms with E-state index in [9.17, 15) is 8.42 Å². The van der Waals surface area contributed by atoms with Gasteiger partial charge in [-0.15, -0.1) is 4.99 Å². The van der Waals surface area contributed by atoms with Gasteiger partial charge in [-0.05, 0) is 36.1 Å². The summed E-state index contributed by atoms with van der Waals surface area (Å²) in [5, 5.41) is 17.3. The van der Waals surface area contributed by atoms with Crippen molar-refractivity contribution in [2.75, 3.05) is 43.1 Å². The summed E-state index contributed by atoms with van der Waals surface area (Å²) >= 11 is 0. The van der Waals surface area contributed by atoms with Gasteiger partial charge in [-0.1, -0.05) is 30.7 Å². The van der Waals surface area contributed by atoms with Crippen LogP contribution in [-0.2, 0) is 15.4 Å². The van der Waals surface area contributed by atoms with Gasteiger partial charge in [0.05, 0.1) is 11.7 Å². The molecule has 38 heavy (non-hydrogen) atoms. The highest BCUT2D eigenvalue weighted by Gasteiger charge is 2.43. The lowest BCUT2D eigenvalue weighted by Crippen LogP contribution is -2.48. The number of hydrogen-bond acceptors (Lipinski definition) is 8. The largest absolute Gasteiger partial charge is 0.578 e. The number of anilines is 2. The molecule has 198 valence electrons. The second-order valence-electron chi connectivity index (χ2n) is 9.71. The first kappa shape index (κ1) is 25.7. The van der Waals surface area contributed by atoms with Gasteiger partial charge in [-0.2, -0.15) is 4.31 Å². The summed E-state index contributed by atoms with van der Waals surface area (Å²) in [6.45, 7) is 1.94. The van der Waals surface area contributed by atoms with Crippen LogP contribution in [-0.4, -0.2) is 76.9 Å². The fraction of sp³-hybridized carbons (Fsp3) is 0.346. The van der Waals surface area contributed by atoms with Crippen LogP contribution in [0.15, 0.2) is 60.0 Å². The van der Waals surface area contributed by atoms with Crippen molar-refractivity contribution in [2.24, 2.45) is 4.99 Å². The lowest BCUT2D eigenvalue weighted by Gasteiger charge is -2.41. The van der Waals surface area contributed by atoms with Gasteiger partial charge in [-0.25, -0.2) is 23.4 Å². The number of hydrogen-bond donors (Lipinski definition) is 2. The number of benzene rings is 1. The minimum Gasteiger partial charge on any atom is -0.578 e. The topological polar surface area (TPSA) is 164 Å². The Kier molecular flexibility index (Phi) is 6.84. The Morgan fingerprint density at radius 1 is 0.974 bits per heavy atom. The van der Waals surface area contributed by atoms with Crippen LogP contribution in [0.5, 0.6) is 0 Å². The standard InChI is InChI=1S/C26H30N8O3S/c1-38(36,37)34-13-11-33(12-14-34)22-8-5-19(15-29-22)23(35)32-24(27)26(9-2-10-26)21-6-3-18(4-7-21)20-16-30-25(28)31-17-20/h3-8,15-17H,2,9-14H2,1H3,(H2,27,32,35)(H2,28,30,31)/p+1. The number of nitrogens with zero attached hydrogens (tertiary/aromatic N) is 6. The first-order valence-corrected chi connectivity index (χ1v) is 14.2. The third kappa shape index (κ3) is 5.09. The summed E-state index contributed by atoms with van der Waals surface area (Å²) in [7, 11) is -3.19. The van der Waals surface area contributed by atoms with Gasteiger partial charge in [0, 0.05) is 50.3 Å². The number of nitrogen functional groups attached to an aromatic ring is 1. The molecule has 0 amide bonds. The number of sulfonamides is 1. The summed E-state index contributed by atoms with van der Waals surface area (Å²) < 4.78 is 24.9. The number of aliphatic imine (C=N–C) groups is 1. The molecule has 11 nitrogen and oxygen atoms in total. The molecule has 0 atom stereocenters. The maximum atomic E-state index is 11.7. The van der Waals surface area contributed by atoms with Crippen molar-refractivity contribution in [3.63, 3.8) is 0 Å². The highest BCUT2D eigenvalue weighted by molar-refractivity contribution is 7.88. The fourth-order valence-electron chi connectivity index (χ4n) is 4.91. The second kappa shape index (κ2) is 10.1. The minimum atomic E-state index is -3.19. The van der Waals surface area contributed by atoms with Crippen LogP contribution in [0.25, 0.3) is 11.1 Å². The maximum absolute atomic E-state index is 11.7. The molecule has 1 saturated heterocycles. The van der Waals surface area contributed by atoms with Crippen LogP contribution in [0, 0.1) is 5.41 Å². The fourth-order valence-corrected chi connectivity index (χ4v) is 5.73. The van der Waals surface area contributed by atoms with Gasteiger partial charge in [0.15, 0.2) is 0 Å². The van der Waals surface area contributed by atoms with E-state index < -0.39 is 15.4 Å². The summed E-state index contributed by atoms with van der Waals surface area (Å²) in [6.07, 6.45) is 8.80. The smallest absolute Gasteiger partial charge is 0.367 e. The molecule has 0 spiro atoms. The zero-order valence-corrected chi connectivity index (χ0v) is 21.9. The van der Waals surface area contributed by atoms with E-state index in [4.69, 9.17) is 16.2 Å². The van der Waals surface area contributed by atoms with Crippen LogP contribution < -0.4 is 10.6 Å². The molecular weight excluding hydrogens is 504 g/mol. The number of amidine groups is 1. The molecule has 1 aromatic carbocycles. The molecule has 1 saturated carbocycles. The number of pyridine rings is 1. The van der Waals surface area contributed by atoms with Crippen LogP contribution in [0.3, 0.4) is 0 Å². The van der Waals surface area contributed by atoms with Gasteiger partial charge in [0.25, 0.3) is 0 Å². The van der Waals surface area contributed by atoms with Crippen LogP contribution >= 0.6 is 0 Å². The third-order valence-corrected chi connectivity index (χ3v) is 8.68. The molecule has 12 heteroatoms. The van der Waals surface area contributed by atoms with E-state index in [1.54, 1.807) is 24.7 Å². The molecule has 1 aliphatic heterocycles. The zero-order valence-electron chi connectivity index (χ0n) is 21.1. The van der Waals surface area contributed by atoms with E-state index in [2.05, 4.69) is 19.9 Å². The predicted molar refractivity (Wildman–Crippen MR) is 148 cm³/mol. The highest BCUT2D eigenvalue weighted by atomic mass is 32.2. The molecular formula is C26H31N8O3S+. The predicted octanol–water partition coefficient (Wildman–Crippen LogP) is 1.77. The number of nitrogens with one attached hydrogen (secondary N) is 1. The Labute approximate surface area is 221 Å². The minimum absolute atomic E-state index is 0.00198. The Balaban J connectivity index is 1.28. The third-order valence-electron chi connectivity index (χ3n) is 7.38. The van der Waals surface area contributed by atoms with Crippen LogP contribution in [0.2, 0.25) is 0 Å². The van der Waals surface area contributed by atoms with Crippen molar-refractivity contribution in [3.05, 3.63) is 66.1 Å². The summed E-state index contributed by atoms with van der Waals surface area (Å²) in [5.74, 6) is 1.14. The van der Waals surface area contributed by atoms with Crippen molar-refractivity contribution in [2.45, 2.75) is 24.7 Å². The summed E-state index contributed by atoms with van der Waals surface area (Å²) in [6, 6.07) is 11.6. The van der Waals surface area contributed by atoms with Crippen molar-refractivity contribution < 1.29 is 13.5 Å². The monoisotopic (exact) mass is 535 g/mol. The van der Waals surface area contributed by atoms with Crippen molar-refractivity contribution in [3.8, 4) is 11.1 Å². The van der Waals surface area contributed by atoms with Gasteiger partial charge in [0.2, 0.25) is 16.0 Å². The number of nitrogens with two attached hydrogens (primary N) is 1. The van der Waals surface area contributed by atoms with E-state index in [1.165, 1.54) is 10.6 Å². The molecule has 5 rings (SSSR count). The molecule has 3 heterocycles. The molecule has 2 aromatic heterocycles. The van der Waals surface area contributed by atoms with Gasteiger partial charge >= 0.3 is 5.90 Å². The number of piperazine rings is 1. The van der Waals surface area contributed by atoms with Crippen LogP contribution in [0.1, 0.15) is 30.4 Å². The van der Waals surface area contributed by atoms with Crippen molar-refractivity contribution >= 4 is 33.5 Å². The van der Waals surface area contributed by atoms with E-state index in [1.807, 2.05) is 35.2 Å². The number of rotatable bonds is 6. The molecule has 0 bridgehead atoms. The van der Waals surface area contributed by atoms with Crippen molar-refractivity contribution in [1.29, 1.82) is 5.41 Å². The van der Waals surface area contributed by atoms with Gasteiger partial charge < -0.3 is 15.7 Å². The zero-order chi connectivity index (χ0) is 26.9. The molecule has 2 fully saturated rings. The molecule has 5 N–H and O–H groups in total. The Hall–Kier alpha value is -3.90. The molecule has 2 aliphatic rings. The number of aromatic nitrogens is 3. The maximum Gasteiger partial charge on any atom is 0.367 e. The van der Waals surface area contributed by atoms with Crippen molar-refractivity contribution in [1.82, 2.24) is 19.3 Å². The first-order valence-electron chi connectivity index (χ1n) is 12.4. The average molecular weight is 536 g/mol. The molecule has 0 radical (unpaired) electrons. The lowest BCUT2D eigenvalue weighted by atomic mass is 9.63. The second-order valence-corrected chi connectivity index (χ2v) is 11.7. The molecule has 0 unspecified atom stereocenters. The Bertz CT molecular complexity index is 1440. The van der Waals surface area contributed by atoms with Gasteiger partial charge in [-0.3, -0.25) is 5.41 Å². The highest BCUT2D eigenvalue weighted by Crippen LogP contribution is 2.45. The SMILES string of the molecule is CS(=O)(=O)N1CCN(c2ccc(C([OH2+])=NC(=N)C3(c4ccc(-c5cnc(N)nc5)cc4)CCC3)cn2)CC1. The van der Waals surface area contributed by atoms with Crippen LogP contribution in [0.4, 0.5) is 11.8 Å². The normalized spacial score (nSPS) is 18.1. The van der Waals surface area contributed by atoms with E-state index in [0.717, 1.165) is 41.8 Å². The van der Waals surface area contributed by atoms with E-state index >= 15 is 0 Å². The van der Waals surface area contributed by atoms with E-state index in [-0.39, 0.29) is 17.7 Å². The Morgan fingerprint density at radius 3 is 2.16 bits per heavy atom. The molecule has 1 aliphatic carbocycles. The van der Waals surface area contributed by atoms with E-state index in [0.29, 0.717) is 31.7 Å². The summed E-state index contributed by atoms with van der Waals surface area (Å²) in [4.78, 5) is 19.0. The molecule has 3 aromatic rings. The quantitative estimate of drug-likeness (QED) is 0.276.